The zero-order valence-corrected chi connectivity index (χ0v) is 12.4. The summed E-state index contributed by atoms with van der Waals surface area (Å²) in [5.41, 5.74) is 1.60. The molecule has 1 aliphatic rings. The third kappa shape index (κ3) is 3.75. The number of rotatable bonds is 4. The van der Waals surface area contributed by atoms with E-state index in [1.807, 2.05) is 42.5 Å². The van der Waals surface area contributed by atoms with E-state index in [0.29, 0.717) is 5.69 Å². The Balaban J connectivity index is 1.50. The molecule has 1 aliphatic heterocycles. The molecule has 114 valence electrons. The Morgan fingerprint density at radius 3 is 2.59 bits per heavy atom. The van der Waals surface area contributed by atoms with E-state index in [4.69, 9.17) is 4.74 Å². The molecule has 0 saturated carbocycles. The van der Waals surface area contributed by atoms with Crippen molar-refractivity contribution in [2.75, 3.05) is 23.3 Å². The highest BCUT2D eigenvalue weighted by Gasteiger charge is 2.13. The lowest BCUT2D eigenvalue weighted by molar-refractivity contribution is 0.155. The maximum Gasteiger partial charge on any atom is 0.412 e. The summed E-state index contributed by atoms with van der Waals surface area (Å²) in [5, 5.41) is 2.69. The van der Waals surface area contributed by atoms with Gasteiger partial charge in [0.1, 0.15) is 12.4 Å². The van der Waals surface area contributed by atoms with Crippen LogP contribution in [0, 0.1) is 0 Å². The van der Waals surface area contributed by atoms with E-state index in [1.165, 1.54) is 12.8 Å². The fraction of sp³-hybridized carbons (Fsp3) is 0.294. The lowest BCUT2D eigenvalue weighted by atomic mass is 10.2. The van der Waals surface area contributed by atoms with Gasteiger partial charge in [0.2, 0.25) is 0 Å². The zero-order valence-electron chi connectivity index (χ0n) is 12.4. The predicted molar refractivity (Wildman–Crippen MR) is 85.9 cm³/mol. The number of hydrogen-bond donors (Lipinski definition) is 1. The number of aromatic nitrogens is 1. The van der Waals surface area contributed by atoms with Crippen LogP contribution in [0.2, 0.25) is 0 Å². The molecule has 2 aromatic rings. The first-order chi connectivity index (χ1) is 10.8. The van der Waals surface area contributed by atoms with E-state index < -0.39 is 6.09 Å². The fourth-order valence-corrected chi connectivity index (χ4v) is 2.47. The highest BCUT2D eigenvalue weighted by Crippen LogP contribution is 2.19. The first-order valence-corrected chi connectivity index (χ1v) is 7.50. The Morgan fingerprint density at radius 1 is 1.14 bits per heavy atom. The minimum Gasteiger partial charge on any atom is -0.444 e. The topological polar surface area (TPSA) is 54.5 Å². The molecule has 2 heterocycles. The van der Waals surface area contributed by atoms with Gasteiger partial charge in [-0.2, -0.15) is 0 Å². The van der Waals surface area contributed by atoms with E-state index in [9.17, 15) is 4.79 Å². The predicted octanol–water partition coefficient (Wildman–Crippen LogP) is 3.43. The quantitative estimate of drug-likeness (QED) is 0.939. The van der Waals surface area contributed by atoms with Gasteiger partial charge in [-0.15, -0.1) is 0 Å². The van der Waals surface area contributed by atoms with Crippen LogP contribution in [-0.2, 0) is 11.3 Å². The van der Waals surface area contributed by atoms with Crippen LogP contribution in [-0.4, -0.2) is 24.2 Å². The number of hydrogen-bond acceptors (Lipinski definition) is 4. The molecule has 1 fully saturated rings. The van der Waals surface area contributed by atoms with Crippen LogP contribution in [0.15, 0.2) is 48.7 Å². The highest BCUT2D eigenvalue weighted by atomic mass is 16.5. The molecule has 5 heteroatoms. The zero-order chi connectivity index (χ0) is 15.2. The van der Waals surface area contributed by atoms with Crippen molar-refractivity contribution < 1.29 is 9.53 Å². The van der Waals surface area contributed by atoms with E-state index >= 15 is 0 Å². The molecule has 5 nitrogen and oxygen atoms in total. The fourth-order valence-electron chi connectivity index (χ4n) is 2.47. The Labute approximate surface area is 129 Å². The summed E-state index contributed by atoms with van der Waals surface area (Å²) in [6, 6.07) is 13.4. The van der Waals surface area contributed by atoms with Crippen molar-refractivity contribution in [1.29, 1.82) is 0 Å². The molecule has 0 atom stereocenters. The lowest BCUT2D eigenvalue weighted by Gasteiger charge is -2.16. The van der Waals surface area contributed by atoms with Crippen LogP contribution >= 0.6 is 0 Å². The summed E-state index contributed by atoms with van der Waals surface area (Å²) in [6.45, 7) is 2.36. The molecule has 0 aliphatic carbocycles. The van der Waals surface area contributed by atoms with Crippen LogP contribution in [0.4, 0.5) is 16.3 Å². The molecule has 3 rings (SSSR count). The number of carbonyl (C=O) groups is 1. The summed E-state index contributed by atoms with van der Waals surface area (Å²) in [4.78, 5) is 18.4. The highest BCUT2D eigenvalue weighted by molar-refractivity contribution is 5.84. The first kappa shape index (κ1) is 14.4. The molecule has 1 amide bonds. The van der Waals surface area contributed by atoms with Gasteiger partial charge in [-0.1, -0.05) is 30.3 Å². The van der Waals surface area contributed by atoms with Gasteiger partial charge < -0.3 is 9.64 Å². The van der Waals surface area contributed by atoms with Gasteiger partial charge in [-0.05, 0) is 30.5 Å². The second-order valence-electron chi connectivity index (χ2n) is 5.29. The first-order valence-electron chi connectivity index (χ1n) is 7.50. The van der Waals surface area contributed by atoms with Gasteiger partial charge in [-0.3, -0.25) is 5.32 Å². The molecular weight excluding hydrogens is 278 g/mol. The van der Waals surface area contributed by atoms with Crippen LogP contribution < -0.4 is 10.2 Å². The molecule has 1 aromatic carbocycles. The van der Waals surface area contributed by atoms with Gasteiger partial charge in [-0.25, -0.2) is 9.78 Å². The smallest absolute Gasteiger partial charge is 0.412 e. The number of nitrogens with zero attached hydrogens (tertiary/aromatic N) is 2. The number of benzene rings is 1. The number of amides is 1. The summed E-state index contributed by atoms with van der Waals surface area (Å²) < 4.78 is 5.17. The maximum absolute atomic E-state index is 11.8. The number of pyridine rings is 1. The number of nitrogens with one attached hydrogen (secondary N) is 1. The average Bonchev–Trinajstić information content (AvgIpc) is 3.09. The third-order valence-corrected chi connectivity index (χ3v) is 3.64. The summed E-state index contributed by atoms with van der Waals surface area (Å²) in [7, 11) is 0. The summed E-state index contributed by atoms with van der Waals surface area (Å²) in [6.07, 6.45) is 3.62. The standard InChI is InChI=1S/C17H19N3O2/c21-17(22-13-14-6-2-1-3-7-14)19-15-8-9-16(18-12-15)20-10-4-5-11-20/h1-3,6-9,12H,4-5,10-11,13H2,(H,19,21). The van der Waals surface area contributed by atoms with Crippen molar-refractivity contribution in [1.82, 2.24) is 4.98 Å². The Morgan fingerprint density at radius 2 is 1.91 bits per heavy atom. The summed E-state index contributed by atoms with van der Waals surface area (Å²) >= 11 is 0. The van der Waals surface area contributed by atoms with Gasteiger partial charge >= 0.3 is 6.09 Å². The molecule has 0 radical (unpaired) electrons. The monoisotopic (exact) mass is 297 g/mol. The Kier molecular flexibility index (Phi) is 4.53. The normalized spacial score (nSPS) is 13.9. The molecule has 1 saturated heterocycles. The third-order valence-electron chi connectivity index (χ3n) is 3.64. The second kappa shape index (κ2) is 6.93. The van der Waals surface area contributed by atoms with E-state index in [1.54, 1.807) is 6.20 Å². The van der Waals surface area contributed by atoms with E-state index in [0.717, 1.165) is 24.5 Å². The molecular formula is C17H19N3O2. The van der Waals surface area contributed by atoms with Gasteiger partial charge in [0.05, 0.1) is 11.9 Å². The molecule has 0 spiro atoms. The minimum atomic E-state index is -0.473. The average molecular weight is 297 g/mol. The van der Waals surface area contributed by atoms with Crippen molar-refractivity contribution in [3.05, 3.63) is 54.2 Å². The summed E-state index contributed by atoms with van der Waals surface area (Å²) in [5.74, 6) is 0.959. The van der Waals surface area contributed by atoms with Gasteiger partial charge in [0.25, 0.3) is 0 Å². The maximum atomic E-state index is 11.8. The van der Waals surface area contributed by atoms with Gasteiger partial charge in [0.15, 0.2) is 0 Å². The van der Waals surface area contributed by atoms with Crippen LogP contribution in [0.1, 0.15) is 18.4 Å². The van der Waals surface area contributed by atoms with Gasteiger partial charge in [0, 0.05) is 13.1 Å². The SMILES string of the molecule is O=C(Nc1ccc(N2CCCC2)nc1)OCc1ccccc1. The largest absolute Gasteiger partial charge is 0.444 e. The number of ether oxygens (including phenoxy) is 1. The van der Waals surface area contributed by atoms with Crippen molar-refractivity contribution >= 4 is 17.6 Å². The molecule has 0 unspecified atom stereocenters. The van der Waals surface area contributed by atoms with Crippen LogP contribution in [0.25, 0.3) is 0 Å². The second-order valence-corrected chi connectivity index (χ2v) is 5.29. The Bertz CT molecular complexity index is 608. The molecule has 1 N–H and O–H groups in total. The van der Waals surface area contributed by atoms with Crippen molar-refractivity contribution in [3.63, 3.8) is 0 Å². The van der Waals surface area contributed by atoms with Crippen molar-refractivity contribution in [2.24, 2.45) is 0 Å². The van der Waals surface area contributed by atoms with Crippen LogP contribution in [0.5, 0.6) is 0 Å². The van der Waals surface area contributed by atoms with Crippen molar-refractivity contribution in [2.45, 2.75) is 19.4 Å². The van der Waals surface area contributed by atoms with E-state index in [2.05, 4.69) is 15.2 Å². The number of carbonyl (C=O) groups excluding carboxylic acids is 1. The number of anilines is 2. The Hall–Kier alpha value is -2.56. The van der Waals surface area contributed by atoms with Crippen LogP contribution in [0.3, 0.4) is 0 Å². The molecule has 1 aromatic heterocycles. The lowest BCUT2D eigenvalue weighted by Crippen LogP contribution is -2.19. The van der Waals surface area contributed by atoms with E-state index in [-0.39, 0.29) is 6.61 Å². The minimum absolute atomic E-state index is 0.256. The molecule has 0 bridgehead atoms. The molecule has 22 heavy (non-hydrogen) atoms. The van der Waals surface area contributed by atoms with Crippen molar-refractivity contribution in [3.8, 4) is 0 Å².